The Kier molecular flexibility index (Phi) is 5.65. The maximum absolute atomic E-state index is 11.5. The molecule has 0 radical (unpaired) electrons. The Balaban J connectivity index is 2.08. The lowest BCUT2D eigenvalue weighted by Crippen LogP contribution is -2.38. The largest absolute Gasteiger partial charge is 0.396 e. The van der Waals surface area contributed by atoms with Crippen LogP contribution in [0.4, 0.5) is 0 Å². The zero-order valence-corrected chi connectivity index (χ0v) is 9.54. The van der Waals surface area contributed by atoms with E-state index >= 15 is 0 Å². The first-order valence-corrected chi connectivity index (χ1v) is 5.86. The predicted octanol–water partition coefficient (Wildman–Crippen LogP) is 0.217. The first-order valence-electron chi connectivity index (χ1n) is 5.86. The molecule has 2 N–H and O–H groups in total. The van der Waals surface area contributed by atoms with E-state index in [9.17, 15) is 4.79 Å². The van der Waals surface area contributed by atoms with Gasteiger partial charge in [-0.2, -0.15) is 0 Å². The van der Waals surface area contributed by atoms with E-state index in [2.05, 4.69) is 10.2 Å². The van der Waals surface area contributed by atoms with E-state index in [4.69, 9.17) is 5.11 Å². The standard InChI is InChI=1S/C11H22N2O2/c1-2-13(6-3-7-14)9-11(15)12-8-10-4-5-10/h10,14H,2-9H2,1H3,(H,12,15). The van der Waals surface area contributed by atoms with Crippen LogP contribution in [0.25, 0.3) is 0 Å². The Morgan fingerprint density at radius 2 is 2.27 bits per heavy atom. The molecule has 1 aliphatic rings. The molecule has 1 rings (SSSR count). The Labute approximate surface area is 91.6 Å². The van der Waals surface area contributed by atoms with Gasteiger partial charge in [-0.15, -0.1) is 0 Å². The summed E-state index contributed by atoms with van der Waals surface area (Å²) in [5.41, 5.74) is 0. The molecule has 0 saturated heterocycles. The molecule has 0 atom stereocenters. The van der Waals surface area contributed by atoms with Gasteiger partial charge < -0.3 is 10.4 Å². The third-order valence-corrected chi connectivity index (χ3v) is 2.73. The number of amides is 1. The summed E-state index contributed by atoms with van der Waals surface area (Å²) < 4.78 is 0. The van der Waals surface area contributed by atoms with Gasteiger partial charge in [0.15, 0.2) is 0 Å². The van der Waals surface area contributed by atoms with Crippen LogP contribution in [-0.4, -0.2) is 48.7 Å². The summed E-state index contributed by atoms with van der Waals surface area (Å²) in [5.74, 6) is 0.850. The maximum Gasteiger partial charge on any atom is 0.234 e. The van der Waals surface area contributed by atoms with Gasteiger partial charge in [0, 0.05) is 19.7 Å². The van der Waals surface area contributed by atoms with Crippen molar-refractivity contribution in [3.8, 4) is 0 Å². The van der Waals surface area contributed by atoms with Crippen LogP contribution in [0, 0.1) is 5.92 Å². The molecule has 1 amide bonds. The van der Waals surface area contributed by atoms with E-state index in [-0.39, 0.29) is 12.5 Å². The number of hydrogen-bond acceptors (Lipinski definition) is 3. The highest BCUT2D eigenvalue weighted by molar-refractivity contribution is 5.78. The minimum atomic E-state index is 0.113. The van der Waals surface area contributed by atoms with Gasteiger partial charge in [0.25, 0.3) is 0 Å². The molecule has 0 unspecified atom stereocenters. The number of hydrogen-bond donors (Lipinski definition) is 2. The molecule has 1 aliphatic carbocycles. The lowest BCUT2D eigenvalue weighted by molar-refractivity contribution is -0.122. The number of nitrogens with one attached hydrogen (secondary N) is 1. The Bertz CT molecular complexity index is 193. The predicted molar refractivity (Wildman–Crippen MR) is 59.6 cm³/mol. The van der Waals surface area contributed by atoms with Gasteiger partial charge in [0.05, 0.1) is 6.54 Å². The van der Waals surface area contributed by atoms with Crippen molar-refractivity contribution in [2.75, 3.05) is 32.8 Å². The van der Waals surface area contributed by atoms with Crippen molar-refractivity contribution in [3.05, 3.63) is 0 Å². The van der Waals surface area contributed by atoms with Crippen LogP contribution < -0.4 is 5.32 Å². The van der Waals surface area contributed by atoms with Crippen molar-refractivity contribution in [1.29, 1.82) is 0 Å². The Morgan fingerprint density at radius 1 is 1.53 bits per heavy atom. The topological polar surface area (TPSA) is 52.6 Å². The minimum absolute atomic E-state index is 0.113. The summed E-state index contributed by atoms with van der Waals surface area (Å²) in [6, 6.07) is 0. The monoisotopic (exact) mass is 214 g/mol. The van der Waals surface area contributed by atoms with Gasteiger partial charge in [0.2, 0.25) is 5.91 Å². The number of likely N-dealkylation sites (N-methyl/N-ethyl adjacent to an activating group) is 1. The Morgan fingerprint density at radius 3 is 2.80 bits per heavy atom. The van der Waals surface area contributed by atoms with Crippen molar-refractivity contribution >= 4 is 5.91 Å². The highest BCUT2D eigenvalue weighted by atomic mass is 16.3. The molecule has 0 bridgehead atoms. The van der Waals surface area contributed by atoms with Crippen LogP contribution >= 0.6 is 0 Å². The number of rotatable bonds is 8. The molecular weight excluding hydrogens is 192 g/mol. The smallest absolute Gasteiger partial charge is 0.234 e. The summed E-state index contributed by atoms with van der Waals surface area (Å²) >= 11 is 0. The molecule has 1 fully saturated rings. The van der Waals surface area contributed by atoms with Crippen LogP contribution in [0.2, 0.25) is 0 Å². The zero-order chi connectivity index (χ0) is 11.1. The molecule has 1 saturated carbocycles. The van der Waals surface area contributed by atoms with Crippen LogP contribution in [0.3, 0.4) is 0 Å². The minimum Gasteiger partial charge on any atom is -0.396 e. The van der Waals surface area contributed by atoms with Crippen molar-refractivity contribution in [2.24, 2.45) is 5.92 Å². The van der Waals surface area contributed by atoms with Gasteiger partial charge in [0.1, 0.15) is 0 Å². The number of carbonyl (C=O) groups excluding carboxylic acids is 1. The molecular formula is C11H22N2O2. The summed E-state index contributed by atoms with van der Waals surface area (Å²) in [4.78, 5) is 13.5. The van der Waals surface area contributed by atoms with E-state index < -0.39 is 0 Å². The van der Waals surface area contributed by atoms with E-state index in [1.807, 2.05) is 6.92 Å². The van der Waals surface area contributed by atoms with Gasteiger partial charge in [-0.1, -0.05) is 6.92 Å². The first-order chi connectivity index (χ1) is 7.26. The molecule has 0 aliphatic heterocycles. The molecule has 15 heavy (non-hydrogen) atoms. The van der Waals surface area contributed by atoms with Crippen LogP contribution in [0.1, 0.15) is 26.2 Å². The fourth-order valence-corrected chi connectivity index (χ4v) is 1.48. The lowest BCUT2D eigenvalue weighted by atomic mass is 10.3. The fraction of sp³-hybridized carbons (Fsp3) is 0.909. The fourth-order valence-electron chi connectivity index (χ4n) is 1.48. The third kappa shape index (κ3) is 5.74. The third-order valence-electron chi connectivity index (χ3n) is 2.73. The van der Waals surface area contributed by atoms with Crippen molar-refractivity contribution in [3.63, 3.8) is 0 Å². The van der Waals surface area contributed by atoms with Gasteiger partial charge in [-0.25, -0.2) is 0 Å². The SMILES string of the molecule is CCN(CCCO)CC(=O)NCC1CC1. The van der Waals surface area contributed by atoms with Gasteiger partial charge in [-0.05, 0) is 31.7 Å². The number of aliphatic hydroxyl groups is 1. The molecule has 88 valence electrons. The molecule has 4 heteroatoms. The summed E-state index contributed by atoms with van der Waals surface area (Å²) in [7, 11) is 0. The maximum atomic E-state index is 11.5. The summed E-state index contributed by atoms with van der Waals surface area (Å²) in [6.07, 6.45) is 3.27. The molecule has 0 aromatic rings. The Hall–Kier alpha value is -0.610. The second-order valence-corrected chi connectivity index (χ2v) is 4.19. The van der Waals surface area contributed by atoms with Crippen LogP contribution in [0.15, 0.2) is 0 Å². The quantitative estimate of drug-likeness (QED) is 0.607. The lowest BCUT2D eigenvalue weighted by Gasteiger charge is -2.19. The highest BCUT2D eigenvalue weighted by Crippen LogP contribution is 2.27. The first kappa shape index (κ1) is 12.5. The van der Waals surface area contributed by atoms with E-state index in [0.29, 0.717) is 6.54 Å². The summed E-state index contributed by atoms with van der Waals surface area (Å²) in [5, 5.41) is 11.6. The average Bonchev–Trinajstić information content (AvgIpc) is 3.05. The van der Waals surface area contributed by atoms with E-state index in [1.165, 1.54) is 12.8 Å². The number of nitrogens with zero attached hydrogens (tertiary/aromatic N) is 1. The molecule has 0 heterocycles. The second kappa shape index (κ2) is 6.80. The summed E-state index contributed by atoms with van der Waals surface area (Å²) in [6.45, 7) is 5.19. The van der Waals surface area contributed by atoms with Crippen molar-refractivity contribution < 1.29 is 9.90 Å². The average molecular weight is 214 g/mol. The van der Waals surface area contributed by atoms with Crippen molar-refractivity contribution in [2.45, 2.75) is 26.2 Å². The highest BCUT2D eigenvalue weighted by Gasteiger charge is 2.21. The van der Waals surface area contributed by atoms with E-state index in [1.54, 1.807) is 0 Å². The van der Waals surface area contributed by atoms with Crippen LogP contribution in [-0.2, 0) is 4.79 Å². The molecule has 0 aromatic carbocycles. The molecule has 0 spiro atoms. The van der Waals surface area contributed by atoms with E-state index in [0.717, 1.165) is 32.0 Å². The normalized spacial score (nSPS) is 15.7. The number of aliphatic hydroxyl groups excluding tert-OH is 1. The van der Waals surface area contributed by atoms with Gasteiger partial charge in [-0.3, -0.25) is 9.69 Å². The zero-order valence-electron chi connectivity index (χ0n) is 9.54. The second-order valence-electron chi connectivity index (χ2n) is 4.19. The molecule has 4 nitrogen and oxygen atoms in total. The van der Waals surface area contributed by atoms with Crippen molar-refractivity contribution in [1.82, 2.24) is 10.2 Å². The number of carbonyl (C=O) groups is 1. The molecule has 0 aromatic heterocycles. The van der Waals surface area contributed by atoms with Crippen LogP contribution in [0.5, 0.6) is 0 Å². The van der Waals surface area contributed by atoms with Gasteiger partial charge >= 0.3 is 0 Å².